The summed E-state index contributed by atoms with van der Waals surface area (Å²) in [5, 5.41) is 4.42. The van der Waals surface area contributed by atoms with E-state index in [2.05, 4.69) is 22.2 Å². The molecule has 0 radical (unpaired) electrons. The molecule has 1 aromatic carbocycles. The average Bonchev–Trinajstić information content (AvgIpc) is 2.60. The van der Waals surface area contributed by atoms with Gasteiger partial charge in [0.2, 0.25) is 5.95 Å². The molecule has 1 amide bonds. The molecule has 0 aliphatic rings. The molecular formula is C19H24Cl2N4O. The van der Waals surface area contributed by atoms with Crippen molar-refractivity contribution in [3.63, 3.8) is 0 Å². The molecule has 1 heterocycles. The summed E-state index contributed by atoms with van der Waals surface area (Å²) in [6, 6.07) is 7.16. The van der Waals surface area contributed by atoms with Gasteiger partial charge in [0.1, 0.15) is 5.69 Å². The first-order valence-electron chi connectivity index (χ1n) is 8.69. The van der Waals surface area contributed by atoms with Gasteiger partial charge in [-0.05, 0) is 43.5 Å². The van der Waals surface area contributed by atoms with Crippen LogP contribution in [-0.4, -0.2) is 40.9 Å². The van der Waals surface area contributed by atoms with Crippen molar-refractivity contribution >= 4 is 35.1 Å². The highest BCUT2D eigenvalue weighted by Crippen LogP contribution is 2.21. The molecule has 7 heteroatoms. The van der Waals surface area contributed by atoms with Gasteiger partial charge in [0, 0.05) is 35.9 Å². The normalized spacial score (nSPS) is 10.7. The third kappa shape index (κ3) is 5.85. The second-order valence-electron chi connectivity index (χ2n) is 6.21. The number of carbonyl (C=O) groups is 1. The Balaban J connectivity index is 2.01. The first-order valence-corrected chi connectivity index (χ1v) is 9.45. The monoisotopic (exact) mass is 394 g/mol. The summed E-state index contributed by atoms with van der Waals surface area (Å²) in [5.74, 6) is 0.357. The van der Waals surface area contributed by atoms with Gasteiger partial charge in [-0.2, -0.15) is 0 Å². The zero-order valence-corrected chi connectivity index (χ0v) is 16.9. The van der Waals surface area contributed by atoms with Gasteiger partial charge in [-0.3, -0.25) is 4.79 Å². The number of hydrogen-bond donors (Lipinski definition) is 1. The molecule has 0 unspecified atom stereocenters. The van der Waals surface area contributed by atoms with E-state index >= 15 is 0 Å². The summed E-state index contributed by atoms with van der Waals surface area (Å²) in [6.07, 6.45) is 2.72. The lowest BCUT2D eigenvalue weighted by Crippen LogP contribution is -2.29. The smallest absolute Gasteiger partial charge is 0.272 e. The number of aromatic nitrogens is 2. The zero-order chi connectivity index (χ0) is 19.1. The fourth-order valence-electron chi connectivity index (χ4n) is 2.48. The fourth-order valence-corrected chi connectivity index (χ4v) is 2.99. The van der Waals surface area contributed by atoms with Crippen molar-refractivity contribution in [2.75, 3.05) is 25.5 Å². The Labute approximate surface area is 164 Å². The molecule has 2 rings (SSSR count). The van der Waals surface area contributed by atoms with Gasteiger partial charge in [0.15, 0.2) is 0 Å². The van der Waals surface area contributed by atoms with E-state index in [0.29, 0.717) is 34.7 Å². The Morgan fingerprint density at radius 3 is 2.69 bits per heavy atom. The van der Waals surface area contributed by atoms with E-state index < -0.39 is 0 Å². The number of halogens is 2. The highest BCUT2D eigenvalue weighted by atomic mass is 35.5. The molecule has 0 bridgehead atoms. The van der Waals surface area contributed by atoms with Crippen molar-refractivity contribution < 1.29 is 4.79 Å². The maximum atomic E-state index is 12.5. The summed E-state index contributed by atoms with van der Waals surface area (Å²) < 4.78 is 0. The first-order chi connectivity index (χ1) is 12.4. The molecule has 140 valence electrons. The van der Waals surface area contributed by atoms with E-state index in [1.807, 2.05) is 19.1 Å². The minimum atomic E-state index is -0.0901. The van der Waals surface area contributed by atoms with E-state index in [1.165, 1.54) is 0 Å². The molecule has 0 saturated carbocycles. The van der Waals surface area contributed by atoms with Crippen molar-refractivity contribution in [2.45, 2.75) is 33.1 Å². The van der Waals surface area contributed by atoms with E-state index in [4.69, 9.17) is 23.2 Å². The number of nitrogens with zero attached hydrogens (tertiary/aromatic N) is 3. The van der Waals surface area contributed by atoms with Crippen molar-refractivity contribution in [1.82, 2.24) is 14.9 Å². The van der Waals surface area contributed by atoms with Crippen LogP contribution >= 0.6 is 23.2 Å². The second-order valence-corrected chi connectivity index (χ2v) is 7.05. The van der Waals surface area contributed by atoms with E-state index in [9.17, 15) is 4.79 Å². The average molecular weight is 395 g/mol. The van der Waals surface area contributed by atoms with Crippen LogP contribution in [0.25, 0.3) is 0 Å². The SMILES string of the molecule is CCCCN(C)C(=O)c1cc(C)nc(NCCc2ccc(Cl)cc2Cl)n1. The van der Waals surface area contributed by atoms with Crippen LogP contribution in [0.1, 0.15) is 41.5 Å². The van der Waals surface area contributed by atoms with Crippen LogP contribution < -0.4 is 5.32 Å². The van der Waals surface area contributed by atoms with Crippen molar-refractivity contribution in [3.05, 3.63) is 51.3 Å². The van der Waals surface area contributed by atoms with Crippen molar-refractivity contribution in [2.24, 2.45) is 0 Å². The first kappa shape index (κ1) is 20.5. The Morgan fingerprint density at radius 2 is 2.00 bits per heavy atom. The Bertz CT molecular complexity index is 767. The number of hydrogen-bond acceptors (Lipinski definition) is 4. The molecule has 0 saturated heterocycles. The second kappa shape index (κ2) is 9.74. The molecule has 0 spiro atoms. The van der Waals surface area contributed by atoms with Crippen LogP contribution in [0.3, 0.4) is 0 Å². The summed E-state index contributed by atoms with van der Waals surface area (Å²) >= 11 is 12.1. The largest absolute Gasteiger partial charge is 0.354 e. The number of benzene rings is 1. The Morgan fingerprint density at radius 1 is 1.23 bits per heavy atom. The van der Waals surface area contributed by atoms with Gasteiger partial charge in [-0.15, -0.1) is 0 Å². The quantitative estimate of drug-likeness (QED) is 0.709. The van der Waals surface area contributed by atoms with Crippen LogP contribution in [-0.2, 0) is 6.42 Å². The van der Waals surface area contributed by atoms with Crippen LogP contribution in [0.5, 0.6) is 0 Å². The standard InChI is InChI=1S/C19H24Cl2N4O/c1-4-5-10-25(3)18(26)17-11-13(2)23-19(24-17)22-9-8-14-6-7-15(20)12-16(14)21/h6-7,11-12H,4-5,8-10H2,1-3H3,(H,22,23,24). The predicted molar refractivity (Wildman–Crippen MR) is 107 cm³/mol. The number of unbranched alkanes of at least 4 members (excludes halogenated alkanes) is 1. The molecule has 0 atom stereocenters. The molecular weight excluding hydrogens is 371 g/mol. The Hall–Kier alpha value is -1.85. The molecule has 1 N–H and O–H groups in total. The zero-order valence-electron chi connectivity index (χ0n) is 15.4. The van der Waals surface area contributed by atoms with Crippen LogP contribution in [0.4, 0.5) is 5.95 Å². The molecule has 5 nitrogen and oxygen atoms in total. The third-order valence-corrected chi connectivity index (χ3v) is 4.55. The summed E-state index contributed by atoms with van der Waals surface area (Å²) in [6.45, 7) is 5.27. The van der Waals surface area contributed by atoms with Gasteiger partial charge in [0.05, 0.1) is 0 Å². The van der Waals surface area contributed by atoms with Gasteiger partial charge in [-0.25, -0.2) is 9.97 Å². The van der Waals surface area contributed by atoms with E-state index in [-0.39, 0.29) is 5.91 Å². The lowest BCUT2D eigenvalue weighted by Gasteiger charge is -2.17. The van der Waals surface area contributed by atoms with E-state index in [1.54, 1.807) is 24.1 Å². The highest BCUT2D eigenvalue weighted by molar-refractivity contribution is 6.35. The van der Waals surface area contributed by atoms with Gasteiger partial charge in [-0.1, -0.05) is 42.6 Å². The fraction of sp³-hybridized carbons (Fsp3) is 0.421. The topological polar surface area (TPSA) is 58.1 Å². The molecule has 1 aromatic heterocycles. The number of nitrogens with one attached hydrogen (secondary N) is 1. The molecule has 26 heavy (non-hydrogen) atoms. The lowest BCUT2D eigenvalue weighted by atomic mass is 10.1. The number of anilines is 1. The number of amides is 1. The maximum absolute atomic E-state index is 12.5. The van der Waals surface area contributed by atoms with E-state index in [0.717, 1.165) is 30.6 Å². The summed E-state index contributed by atoms with van der Waals surface area (Å²) in [5.41, 5.74) is 2.15. The minimum Gasteiger partial charge on any atom is -0.354 e. The summed E-state index contributed by atoms with van der Waals surface area (Å²) in [4.78, 5) is 22.9. The number of carbonyl (C=O) groups excluding carboxylic acids is 1. The molecule has 0 aliphatic carbocycles. The van der Waals surface area contributed by atoms with Crippen LogP contribution in [0.15, 0.2) is 24.3 Å². The van der Waals surface area contributed by atoms with Crippen molar-refractivity contribution in [1.29, 1.82) is 0 Å². The Kier molecular flexibility index (Phi) is 7.66. The number of rotatable bonds is 8. The summed E-state index contributed by atoms with van der Waals surface area (Å²) in [7, 11) is 1.80. The number of aryl methyl sites for hydroxylation is 1. The lowest BCUT2D eigenvalue weighted by molar-refractivity contribution is 0.0787. The maximum Gasteiger partial charge on any atom is 0.272 e. The molecule has 0 aliphatic heterocycles. The molecule has 2 aromatic rings. The predicted octanol–water partition coefficient (Wildman–Crippen LogP) is 4.62. The molecule has 0 fully saturated rings. The third-order valence-electron chi connectivity index (χ3n) is 3.96. The van der Waals surface area contributed by atoms with Crippen LogP contribution in [0.2, 0.25) is 10.0 Å². The van der Waals surface area contributed by atoms with Gasteiger partial charge in [0.25, 0.3) is 5.91 Å². The van der Waals surface area contributed by atoms with Crippen molar-refractivity contribution in [3.8, 4) is 0 Å². The van der Waals surface area contributed by atoms with Gasteiger partial charge >= 0.3 is 0 Å². The highest BCUT2D eigenvalue weighted by Gasteiger charge is 2.15. The van der Waals surface area contributed by atoms with Crippen LogP contribution in [0, 0.1) is 6.92 Å². The van der Waals surface area contributed by atoms with Gasteiger partial charge < -0.3 is 10.2 Å². The minimum absolute atomic E-state index is 0.0901.